The molecule has 0 aliphatic heterocycles. The zero-order chi connectivity index (χ0) is 15.4. The number of benzene rings is 2. The summed E-state index contributed by atoms with van der Waals surface area (Å²) in [5.74, 6) is 0.142. The van der Waals surface area contributed by atoms with Crippen LogP contribution in [-0.4, -0.2) is 11.7 Å². The molecule has 0 aliphatic carbocycles. The molecule has 2 rings (SSSR count). The fourth-order valence-electron chi connectivity index (χ4n) is 1.79. The molecule has 0 bridgehead atoms. The highest BCUT2D eigenvalue weighted by atomic mass is 127. The lowest BCUT2D eigenvalue weighted by molar-refractivity contribution is 1.41. The van der Waals surface area contributed by atoms with Crippen LogP contribution in [0.5, 0.6) is 0 Å². The second-order valence-corrected chi connectivity index (χ2v) is 5.68. The number of hydrogen-bond donors (Lipinski definition) is 4. The molecular weight excluding hydrogens is 375 g/mol. The lowest BCUT2D eigenvalue weighted by Gasteiger charge is -2.03. The van der Waals surface area contributed by atoms with Crippen LogP contribution in [0.2, 0.25) is 0 Å². The van der Waals surface area contributed by atoms with E-state index in [-0.39, 0.29) is 11.7 Å². The average molecular weight is 390 g/mol. The third-order valence-electron chi connectivity index (χ3n) is 2.99. The van der Waals surface area contributed by atoms with Crippen molar-refractivity contribution in [1.82, 2.24) is 0 Å². The van der Waals surface area contributed by atoms with Crippen molar-refractivity contribution in [2.45, 2.75) is 0 Å². The second-order valence-electron chi connectivity index (χ2n) is 4.52. The SMILES string of the molecule is N=C(N)c1ccc(/C=C/c2ccc(C(=N)N)cc2I)cc1. The molecule has 0 saturated heterocycles. The lowest BCUT2D eigenvalue weighted by Crippen LogP contribution is -2.11. The molecule has 21 heavy (non-hydrogen) atoms. The fourth-order valence-corrected chi connectivity index (χ4v) is 2.48. The van der Waals surface area contributed by atoms with Gasteiger partial charge in [0.15, 0.2) is 0 Å². The minimum atomic E-state index is 0.0694. The highest BCUT2D eigenvalue weighted by molar-refractivity contribution is 14.1. The minimum Gasteiger partial charge on any atom is -0.384 e. The van der Waals surface area contributed by atoms with E-state index in [1.807, 2.05) is 54.6 Å². The van der Waals surface area contributed by atoms with E-state index in [4.69, 9.17) is 22.3 Å². The van der Waals surface area contributed by atoms with Gasteiger partial charge in [-0.05, 0) is 39.8 Å². The van der Waals surface area contributed by atoms with Crippen LogP contribution in [0.1, 0.15) is 22.3 Å². The van der Waals surface area contributed by atoms with Crippen LogP contribution in [0.25, 0.3) is 12.2 Å². The van der Waals surface area contributed by atoms with Crippen molar-refractivity contribution in [2.75, 3.05) is 0 Å². The Labute approximate surface area is 137 Å². The molecule has 0 atom stereocenters. The van der Waals surface area contributed by atoms with Gasteiger partial charge in [-0.25, -0.2) is 0 Å². The molecule has 106 valence electrons. The highest BCUT2D eigenvalue weighted by Gasteiger charge is 2.01. The second kappa shape index (κ2) is 6.53. The summed E-state index contributed by atoms with van der Waals surface area (Å²) in [5.41, 5.74) is 14.4. The fraction of sp³-hybridized carbons (Fsp3) is 0. The number of nitrogens with one attached hydrogen (secondary N) is 2. The topological polar surface area (TPSA) is 99.7 Å². The molecule has 0 radical (unpaired) electrons. The highest BCUT2D eigenvalue weighted by Crippen LogP contribution is 2.17. The van der Waals surface area contributed by atoms with Gasteiger partial charge >= 0.3 is 0 Å². The van der Waals surface area contributed by atoms with Gasteiger partial charge in [0.05, 0.1) is 0 Å². The number of nitrogen functional groups attached to an aromatic ring is 2. The molecule has 0 spiro atoms. The van der Waals surface area contributed by atoms with Gasteiger partial charge in [0.1, 0.15) is 11.7 Å². The molecule has 0 heterocycles. The third kappa shape index (κ3) is 3.91. The number of nitrogens with two attached hydrogens (primary N) is 2. The summed E-state index contributed by atoms with van der Waals surface area (Å²) in [6.07, 6.45) is 4.00. The molecule has 0 unspecified atom stereocenters. The Morgan fingerprint density at radius 3 is 1.95 bits per heavy atom. The predicted octanol–water partition coefficient (Wildman–Crippen LogP) is 3.03. The first-order valence-corrected chi connectivity index (χ1v) is 7.32. The van der Waals surface area contributed by atoms with E-state index >= 15 is 0 Å². The number of hydrogen-bond acceptors (Lipinski definition) is 2. The van der Waals surface area contributed by atoms with Crippen molar-refractivity contribution < 1.29 is 0 Å². The van der Waals surface area contributed by atoms with Gasteiger partial charge < -0.3 is 11.5 Å². The maximum atomic E-state index is 7.42. The van der Waals surface area contributed by atoms with Crippen molar-refractivity contribution in [3.05, 3.63) is 68.3 Å². The average Bonchev–Trinajstić information content (AvgIpc) is 2.46. The monoisotopic (exact) mass is 390 g/mol. The van der Waals surface area contributed by atoms with Gasteiger partial charge in [0, 0.05) is 14.7 Å². The van der Waals surface area contributed by atoms with Crippen LogP contribution in [0.4, 0.5) is 0 Å². The summed E-state index contributed by atoms with van der Waals surface area (Å²) in [6, 6.07) is 13.2. The van der Waals surface area contributed by atoms with Crippen molar-refractivity contribution in [3.63, 3.8) is 0 Å². The van der Waals surface area contributed by atoms with Crippen LogP contribution >= 0.6 is 22.6 Å². The van der Waals surface area contributed by atoms with Gasteiger partial charge in [0.2, 0.25) is 0 Å². The maximum Gasteiger partial charge on any atom is 0.122 e. The lowest BCUT2D eigenvalue weighted by atomic mass is 10.1. The summed E-state index contributed by atoms with van der Waals surface area (Å²) in [4.78, 5) is 0. The molecule has 2 aromatic rings. The van der Waals surface area contributed by atoms with Gasteiger partial charge in [-0.15, -0.1) is 0 Å². The Bertz CT molecular complexity index is 718. The summed E-state index contributed by atoms with van der Waals surface area (Å²) in [5, 5.41) is 14.8. The Morgan fingerprint density at radius 2 is 1.43 bits per heavy atom. The molecule has 5 heteroatoms. The smallest absolute Gasteiger partial charge is 0.122 e. The van der Waals surface area contributed by atoms with Crippen molar-refractivity contribution in [2.24, 2.45) is 11.5 Å². The van der Waals surface area contributed by atoms with Crippen LogP contribution in [0.15, 0.2) is 42.5 Å². The summed E-state index contributed by atoms with van der Waals surface area (Å²) < 4.78 is 1.04. The zero-order valence-electron chi connectivity index (χ0n) is 11.2. The minimum absolute atomic E-state index is 0.0694. The van der Waals surface area contributed by atoms with E-state index in [0.717, 1.165) is 20.3 Å². The van der Waals surface area contributed by atoms with E-state index in [0.29, 0.717) is 5.56 Å². The third-order valence-corrected chi connectivity index (χ3v) is 3.92. The largest absolute Gasteiger partial charge is 0.384 e. The van der Waals surface area contributed by atoms with Crippen molar-refractivity contribution >= 4 is 46.4 Å². The normalized spacial score (nSPS) is 10.7. The van der Waals surface area contributed by atoms with Crippen LogP contribution in [0.3, 0.4) is 0 Å². The predicted molar refractivity (Wildman–Crippen MR) is 96.6 cm³/mol. The molecule has 2 aromatic carbocycles. The standard InChI is InChI=1S/C16H15IN4/c17-14-9-13(16(20)21)8-7-11(14)4-1-10-2-5-12(6-3-10)15(18)19/h1-9H,(H3,18,19)(H3,20,21)/b4-1+. The number of rotatable bonds is 4. The Kier molecular flexibility index (Phi) is 4.74. The molecule has 0 fully saturated rings. The van der Waals surface area contributed by atoms with E-state index in [2.05, 4.69) is 22.6 Å². The molecule has 4 nitrogen and oxygen atoms in total. The summed E-state index contributed by atoms with van der Waals surface area (Å²) in [6.45, 7) is 0. The van der Waals surface area contributed by atoms with Crippen molar-refractivity contribution in [3.8, 4) is 0 Å². The summed E-state index contributed by atoms with van der Waals surface area (Å²) >= 11 is 2.23. The molecule has 0 saturated carbocycles. The van der Waals surface area contributed by atoms with E-state index in [1.165, 1.54) is 0 Å². The van der Waals surface area contributed by atoms with E-state index in [1.54, 1.807) is 0 Å². The van der Waals surface area contributed by atoms with E-state index in [9.17, 15) is 0 Å². The van der Waals surface area contributed by atoms with Gasteiger partial charge in [0.25, 0.3) is 0 Å². The van der Waals surface area contributed by atoms with Gasteiger partial charge in [-0.2, -0.15) is 0 Å². The Hall–Kier alpha value is -2.15. The molecule has 0 amide bonds. The molecule has 6 N–H and O–H groups in total. The van der Waals surface area contributed by atoms with Crippen LogP contribution in [0, 0.1) is 14.4 Å². The first-order chi connectivity index (χ1) is 9.97. The van der Waals surface area contributed by atoms with Crippen molar-refractivity contribution in [1.29, 1.82) is 10.8 Å². The number of halogens is 1. The van der Waals surface area contributed by atoms with Gasteiger partial charge in [-0.1, -0.05) is 48.6 Å². The Morgan fingerprint density at radius 1 is 0.857 bits per heavy atom. The number of amidine groups is 2. The quantitative estimate of drug-likeness (QED) is 0.279. The van der Waals surface area contributed by atoms with E-state index < -0.39 is 0 Å². The first-order valence-electron chi connectivity index (χ1n) is 6.24. The van der Waals surface area contributed by atoms with Crippen LogP contribution < -0.4 is 11.5 Å². The zero-order valence-corrected chi connectivity index (χ0v) is 13.4. The summed E-state index contributed by atoms with van der Waals surface area (Å²) in [7, 11) is 0. The Balaban J connectivity index is 2.21. The molecule has 0 aromatic heterocycles. The van der Waals surface area contributed by atoms with Crippen LogP contribution in [-0.2, 0) is 0 Å². The molecule has 0 aliphatic rings. The molecular formula is C16H15IN4. The first kappa shape index (κ1) is 15.2. The van der Waals surface area contributed by atoms with Gasteiger partial charge in [-0.3, -0.25) is 10.8 Å². The maximum absolute atomic E-state index is 7.42.